The Kier molecular flexibility index (Phi) is 11.0. The largest absolute Gasteiger partial charge is 0.324 e. The summed E-state index contributed by atoms with van der Waals surface area (Å²) in [5.74, 6) is 0. The molecule has 0 heterocycles. The highest BCUT2D eigenvalue weighted by molar-refractivity contribution is 6.71. The summed E-state index contributed by atoms with van der Waals surface area (Å²) in [6.45, 7) is 0.118. The van der Waals surface area contributed by atoms with Crippen molar-refractivity contribution in [3.63, 3.8) is 0 Å². The molecule has 0 saturated heterocycles. The van der Waals surface area contributed by atoms with Crippen molar-refractivity contribution in [2.75, 3.05) is 0 Å². The molecule has 11 heteroatoms. The van der Waals surface area contributed by atoms with E-state index >= 15 is 0 Å². The number of carbonyl (C=O) groups excluding carboxylic acids is 4. The van der Waals surface area contributed by atoms with Crippen LogP contribution in [0.4, 0.5) is 19.2 Å². The molecule has 0 fully saturated rings. The maximum atomic E-state index is 10.8. The van der Waals surface area contributed by atoms with Crippen molar-refractivity contribution >= 4 is 79.5 Å². The minimum absolute atomic E-state index is 0.0296. The fourth-order valence-electron chi connectivity index (χ4n) is 1.93. The molecule has 4 amide bonds. The molecule has 0 aliphatic carbocycles. The lowest BCUT2D eigenvalue weighted by atomic mass is 10.2. The highest BCUT2D eigenvalue weighted by Crippen LogP contribution is 2.14. The van der Waals surface area contributed by atoms with Crippen molar-refractivity contribution in [2.45, 2.75) is 13.1 Å². The second-order valence-electron chi connectivity index (χ2n) is 5.30. The summed E-state index contributed by atoms with van der Waals surface area (Å²) in [6, 6.07) is 15.6. The van der Waals surface area contributed by atoms with Gasteiger partial charge in [-0.25, -0.2) is 0 Å². The van der Waals surface area contributed by atoms with Gasteiger partial charge in [0.25, 0.3) is 0 Å². The van der Waals surface area contributed by atoms with Crippen molar-refractivity contribution in [2.24, 2.45) is 0 Å². The third-order valence-corrected chi connectivity index (χ3v) is 4.35. The predicted molar refractivity (Wildman–Crippen MR) is 114 cm³/mol. The molecule has 0 unspecified atom stereocenters. The molecule has 2 aromatic rings. The molecule has 29 heavy (non-hydrogen) atoms. The molecule has 154 valence electrons. The van der Waals surface area contributed by atoms with Crippen LogP contribution in [0.5, 0.6) is 0 Å². The number of benzene rings is 2. The normalized spacial score (nSPS) is 9.69. The smallest absolute Gasteiger partial charge is 0.255 e. The Labute approximate surface area is 191 Å². The molecule has 0 spiro atoms. The Morgan fingerprint density at radius 2 is 0.931 bits per heavy atom. The van der Waals surface area contributed by atoms with E-state index in [1.807, 2.05) is 6.07 Å². The summed E-state index contributed by atoms with van der Waals surface area (Å²) < 4.78 is 0. The van der Waals surface area contributed by atoms with Crippen LogP contribution >= 0.6 is 58.0 Å². The molecular formula is C18H13Cl5N2O4. The lowest BCUT2D eigenvalue weighted by Crippen LogP contribution is -2.27. The first-order valence-electron chi connectivity index (χ1n) is 7.73. The van der Waals surface area contributed by atoms with Gasteiger partial charge in [-0.15, -0.1) is 0 Å². The SMILES string of the molecule is O=C(Cl)N(Cc1ccc(Cl)cc1)C(=O)Cl.O=C(Cl)N(Cc1ccccc1)C(=O)Cl. The van der Waals surface area contributed by atoms with Crippen molar-refractivity contribution in [1.29, 1.82) is 0 Å². The van der Waals surface area contributed by atoms with Crippen LogP contribution in [0.2, 0.25) is 5.02 Å². The molecule has 6 nitrogen and oxygen atoms in total. The first kappa shape index (κ1) is 25.2. The third kappa shape index (κ3) is 9.47. The number of imide groups is 2. The first-order valence-corrected chi connectivity index (χ1v) is 9.62. The number of rotatable bonds is 4. The van der Waals surface area contributed by atoms with Crippen LogP contribution in [0.3, 0.4) is 0 Å². The zero-order valence-electron chi connectivity index (χ0n) is 14.5. The second kappa shape index (κ2) is 12.7. The van der Waals surface area contributed by atoms with Crippen LogP contribution in [-0.2, 0) is 13.1 Å². The van der Waals surface area contributed by atoms with Crippen LogP contribution in [0.25, 0.3) is 0 Å². The van der Waals surface area contributed by atoms with E-state index in [1.54, 1.807) is 48.5 Å². The molecular weight excluding hydrogens is 485 g/mol. The van der Waals surface area contributed by atoms with E-state index < -0.39 is 21.5 Å². The van der Waals surface area contributed by atoms with E-state index in [2.05, 4.69) is 0 Å². The van der Waals surface area contributed by atoms with E-state index in [0.717, 1.165) is 10.5 Å². The van der Waals surface area contributed by atoms with Crippen LogP contribution in [0.1, 0.15) is 11.1 Å². The maximum Gasteiger partial charge on any atom is 0.324 e. The lowest BCUT2D eigenvalue weighted by molar-refractivity contribution is 0.211. The number of halogens is 5. The maximum absolute atomic E-state index is 10.8. The Bertz CT molecular complexity index is 834. The standard InChI is InChI=1S/C9H6Cl3NO2.C9H7Cl2NO2/c10-7-3-1-6(2-4-7)5-13(8(11)14)9(12)15;10-8(13)12(9(11)14)6-7-4-2-1-3-5-7/h1-4H,5H2;1-5H,6H2. The highest BCUT2D eigenvalue weighted by Gasteiger charge is 2.18. The molecule has 0 aromatic heterocycles. The molecule has 0 atom stereocenters. The van der Waals surface area contributed by atoms with Gasteiger partial charge in [0.15, 0.2) is 0 Å². The average molecular weight is 499 g/mol. The summed E-state index contributed by atoms with van der Waals surface area (Å²) >= 11 is 26.4. The van der Waals surface area contributed by atoms with Gasteiger partial charge in [-0.1, -0.05) is 54.1 Å². The van der Waals surface area contributed by atoms with Gasteiger partial charge in [0.05, 0.1) is 13.1 Å². The Hall–Kier alpha value is -1.83. The summed E-state index contributed by atoms with van der Waals surface area (Å²) in [5, 5.41) is -3.02. The van der Waals surface area contributed by atoms with Crippen molar-refractivity contribution in [3.05, 3.63) is 70.7 Å². The molecule has 2 aromatic carbocycles. The molecule has 0 saturated carbocycles. The Morgan fingerprint density at radius 1 is 0.586 bits per heavy atom. The minimum Gasteiger partial charge on any atom is -0.255 e. The molecule has 2 rings (SSSR count). The minimum atomic E-state index is -0.912. The Balaban J connectivity index is 0.000000291. The zero-order valence-corrected chi connectivity index (χ0v) is 18.3. The fraction of sp³-hybridized carbons (Fsp3) is 0.111. The predicted octanol–water partition coefficient (Wildman–Crippen LogP) is 7.07. The van der Waals surface area contributed by atoms with Gasteiger partial charge in [-0.3, -0.25) is 29.0 Å². The highest BCUT2D eigenvalue weighted by atomic mass is 35.5. The summed E-state index contributed by atoms with van der Waals surface area (Å²) in [4.78, 5) is 44.6. The van der Waals surface area contributed by atoms with E-state index in [1.165, 1.54) is 0 Å². The van der Waals surface area contributed by atoms with E-state index in [0.29, 0.717) is 15.5 Å². The van der Waals surface area contributed by atoms with Gasteiger partial charge >= 0.3 is 21.5 Å². The number of carbonyl (C=O) groups is 4. The van der Waals surface area contributed by atoms with E-state index in [-0.39, 0.29) is 13.1 Å². The third-order valence-electron chi connectivity index (χ3n) is 3.29. The van der Waals surface area contributed by atoms with Crippen molar-refractivity contribution in [1.82, 2.24) is 9.80 Å². The van der Waals surface area contributed by atoms with Gasteiger partial charge in [0.2, 0.25) is 0 Å². The van der Waals surface area contributed by atoms with Gasteiger partial charge in [-0.05, 0) is 69.7 Å². The number of amides is 4. The van der Waals surface area contributed by atoms with Crippen LogP contribution in [0.15, 0.2) is 54.6 Å². The van der Waals surface area contributed by atoms with Gasteiger partial charge < -0.3 is 0 Å². The monoisotopic (exact) mass is 496 g/mol. The summed E-state index contributed by atoms with van der Waals surface area (Å²) in [6.07, 6.45) is 0. The first-order chi connectivity index (χ1) is 13.6. The molecule has 0 aliphatic heterocycles. The lowest BCUT2D eigenvalue weighted by Gasteiger charge is -2.13. The van der Waals surface area contributed by atoms with Gasteiger partial charge in [0, 0.05) is 5.02 Å². The Morgan fingerprint density at radius 3 is 1.28 bits per heavy atom. The second-order valence-corrected chi connectivity index (χ2v) is 7.03. The van der Waals surface area contributed by atoms with Crippen molar-refractivity contribution in [3.8, 4) is 0 Å². The van der Waals surface area contributed by atoms with E-state index in [9.17, 15) is 19.2 Å². The van der Waals surface area contributed by atoms with Crippen molar-refractivity contribution < 1.29 is 19.2 Å². The van der Waals surface area contributed by atoms with Gasteiger partial charge in [-0.2, -0.15) is 0 Å². The number of nitrogens with zero attached hydrogens (tertiary/aromatic N) is 2. The molecule has 0 radical (unpaired) electrons. The number of hydrogen-bond donors (Lipinski definition) is 0. The fourth-order valence-corrected chi connectivity index (χ4v) is 2.68. The van der Waals surface area contributed by atoms with Gasteiger partial charge in [0.1, 0.15) is 0 Å². The number of hydrogen-bond acceptors (Lipinski definition) is 4. The van der Waals surface area contributed by atoms with Crippen LogP contribution in [0, 0.1) is 0 Å². The zero-order chi connectivity index (χ0) is 22.0. The molecule has 0 bridgehead atoms. The topological polar surface area (TPSA) is 74.8 Å². The molecule has 0 aliphatic rings. The van der Waals surface area contributed by atoms with E-state index in [4.69, 9.17) is 58.0 Å². The van der Waals surface area contributed by atoms with Crippen LogP contribution in [-0.4, -0.2) is 31.3 Å². The average Bonchev–Trinajstić information content (AvgIpc) is 2.66. The quantitative estimate of drug-likeness (QED) is 0.334. The van der Waals surface area contributed by atoms with Crippen LogP contribution < -0.4 is 0 Å². The molecule has 0 N–H and O–H groups in total. The summed E-state index contributed by atoms with van der Waals surface area (Å²) in [5.41, 5.74) is 1.50. The summed E-state index contributed by atoms with van der Waals surface area (Å²) in [7, 11) is 0.